The van der Waals surface area contributed by atoms with Gasteiger partial charge in [0.15, 0.2) is 0 Å². The maximum atomic E-state index is 10.7. The van der Waals surface area contributed by atoms with Crippen LogP contribution in [0.4, 0.5) is 0 Å². The fourth-order valence-corrected chi connectivity index (χ4v) is 1.84. The fraction of sp³-hybridized carbons (Fsp3) is 0.875. The van der Waals surface area contributed by atoms with E-state index in [2.05, 4.69) is 5.32 Å². The zero-order valence-corrected chi connectivity index (χ0v) is 7.00. The Hall–Kier alpha value is -0.570. The van der Waals surface area contributed by atoms with E-state index in [4.69, 9.17) is 5.11 Å². The van der Waals surface area contributed by atoms with Gasteiger partial charge in [0.1, 0.15) is 0 Å². The minimum absolute atomic E-state index is 0.156. The molecule has 0 bridgehead atoms. The number of hydrogen-bond donors (Lipinski definition) is 2. The summed E-state index contributed by atoms with van der Waals surface area (Å²) in [5.41, 5.74) is 0. The van der Waals surface area contributed by atoms with E-state index in [0.29, 0.717) is 0 Å². The molecule has 1 aliphatic rings. The highest BCUT2D eigenvalue weighted by atomic mass is 16.4. The molecule has 2 unspecified atom stereocenters. The van der Waals surface area contributed by atoms with Crippen LogP contribution in [0.15, 0.2) is 0 Å². The van der Waals surface area contributed by atoms with Crippen molar-refractivity contribution in [2.75, 3.05) is 13.1 Å². The van der Waals surface area contributed by atoms with Gasteiger partial charge in [0.25, 0.3) is 0 Å². The minimum Gasteiger partial charge on any atom is -0.481 e. The third-order valence-electron chi connectivity index (χ3n) is 2.44. The molecule has 0 aromatic rings. The van der Waals surface area contributed by atoms with Crippen LogP contribution in [0.1, 0.15) is 13.8 Å². The van der Waals surface area contributed by atoms with Crippen molar-refractivity contribution in [3.8, 4) is 0 Å². The Morgan fingerprint density at radius 2 is 1.82 bits per heavy atom. The van der Waals surface area contributed by atoms with Crippen LogP contribution < -0.4 is 5.32 Å². The molecule has 1 fully saturated rings. The van der Waals surface area contributed by atoms with E-state index in [0.717, 1.165) is 13.1 Å². The van der Waals surface area contributed by atoms with Gasteiger partial charge in [-0.25, -0.2) is 0 Å². The van der Waals surface area contributed by atoms with Crippen molar-refractivity contribution in [3.05, 3.63) is 0 Å². The van der Waals surface area contributed by atoms with Crippen LogP contribution in [0.25, 0.3) is 0 Å². The number of carbonyl (C=O) groups is 1. The molecule has 3 nitrogen and oxygen atoms in total. The SMILES string of the molecule is CC1CNCC(C)C1C(=O)O. The normalized spacial score (nSPS) is 38.5. The first kappa shape index (κ1) is 8.53. The summed E-state index contributed by atoms with van der Waals surface area (Å²) in [5.74, 6) is -0.282. The molecule has 0 spiro atoms. The molecule has 0 aliphatic carbocycles. The highest BCUT2D eigenvalue weighted by molar-refractivity contribution is 5.70. The van der Waals surface area contributed by atoms with Crippen LogP contribution in [0, 0.1) is 17.8 Å². The predicted molar refractivity (Wildman–Crippen MR) is 42.3 cm³/mol. The molecular formula is C8H15NO2. The van der Waals surface area contributed by atoms with Crippen LogP contribution in [-0.2, 0) is 4.79 Å². The number of rotatable bonds is 1. The van der Waals surface area contributed by atoms with E-state index >= 15 is 0 Å². The van der Waals surface area contributed by atoms with Gasteiger partial charge in [-0.15, -0.1) is 0 Å². The molecule has 2 N–H and O–H groups in total. The van der Waals surface area contributed by atoms with E-state index in [9.17, 15) is 4.79 Å². The first-order valence-electron chi connectivity index (χ1n) is 4.06. The standard InChI is InChI=1S/C8H15NO2/c1-5-3-9-4-6(2)7(5)8(10)11/h5-7,9H,3-4H2,1-2H3,(H,10,11). The molecule has 1 saturated heterocycles. The summed E-state index contributed by atoms with van der Waals surface area (Å²) in [6.45, 7) is 5.64. The van der Waals surface area contributed by atoms with Crippen LogP contribution in [-0.4, -0.2) is 24.2 Å². The van der Waals surface area contributed by atoms with Crippen molar-refractivity contribution in [2.45, 2.75) is 13.8 Å². The summed E-state index contributed by atoms with van der Waals surface area (Å²) in [6, 6.07) is 0. The molecule has 0 aromatic heterocycles. The summed E-state index contributed by atoms with van der Waals surface area (Å²) < 4.78 is 0. The topological polar surface area (TPSA) is 49.3 Å². The highest BCUT2D eigenvalue weighted by Crippen LogP contribution is 2.23. The Morgan fingerprint density at radius 3 is 2.09 bits per heavy atom. The van der Waals surface area contributed by atoms with Crippen LogP contribution in [0.2, 0.25) is 0 Å². The van der Waals surface area contributed by atoms with E-state index in [1.807, 2.05) is 13.8 Å². The lowest BCUT2D eigenvalue weighted by Crippen LogP contribution is -2.44. The highest BCUT2D eigenvalue weighted by Gasteiger charge is 2.32. The summed E-state index contributed by atoms with van der Waals surface area (Å²) in [6.07, 6.45) is 0. The monoisotopic (exact) mass is 157 g/mol. The molecule has 1 heterocycles. The minimum atomic E-state index is -0.647. The smallest absolute Gasteiger partial charge is 0.307 e. The van der Waals surface area contributed by atoms with Crippen molar-refractivity contribution >= 4 is 5.97 Å². The number of carboxylic acid groups (broad SMARTS) is 1. The van der Waals surface area contributed by atoms with Gasteiger partial charge >= 0.3 is 5.97 Å². The van der Waals surface area contributed by atoms with Crippen molar-refractivity contribution in [2.24, 2.45) is 17.8 Å². The fourth-order valence-electron chi connectivity index (χ4n) is 1.84. The number of nitrogens with one attached hydrogen (secondary N) is 1. The van der Waals surface area contributed by atoms with E-state index < -0.39 is 5.97 Å². The number of hydrogen-bond acceptors (Lipinski definition) is 2. The molecular weight excluding hydrogens is 142 g/mol. The van der Waals surface area contributed by atoms with Crippen LogP contribution >= 0.6 is 0 Å². The van der Waals surface area contributed by atoms with Gasteiger partial charge in [0.2, 0.25) is 0 Å². The summed E-state index contributed by atoms with van der Waals surface area (Å²) in [4.78, 5) is 10.7. The predicted octanol–water partition coefficient (Wildman–Crippen LogP) is 0.563. The van der Waals surface area contributed by atoms with Gasteiger partial charge < -0.3 is 10.4 Å². The number of aliphatic carboxylic acids is 1. The summed E-state index contributed by atoms with van der Waals surface area (Å²) in [7, 11) is 0. The van der Waals surface area contributed by atoms with E-state index in [1.165, 1.54) is 0 Å². The van der Waals surface area contributed by atoms with Gasteiger partial charge in [0, 0.05) is 0 Å². The maximum absolute atomic E-state index is 10.7. The molecule has 1 rings (SSSR count). The molecule has 11 heavy (non-hydrogen) atoms. The summed E-state index contributed by atoms with van der Waals surface area (Å²) >= 11 is 0. The molecule has 0 aromatic carbocycles. The number of carboxylic acids is 1. The third-order valence-corrected chi connectivity index (χ3v) is 2.44. The molecule has 3 heteroatoms. The van der Waals surface area contributed by atoms with Crippen molar-refractivity contribution in [1.29, 1.82) is 0 Å². The van der Waals surface area contributed by atoms with E-state index in [1.54, 1.807) is 0 Å². The molecule has 0 radical (unpaired) electrons. The average Bonchev–Trinajstić information content (AvgIpc) is 1.85. The molecule has 0 amide bonds. The molecule has 0 saturated carbocycles. The van der Waals surface area contributed by atoms with Gasteiger partial charge in [-0.3, -0.25) is 4.79 Å². The Bertz CT molecular complexity index is 148. The zero-order valence-electron chi connectivity index (χ0n) is 7.00. The largest absolute Gasteiger partial charge is 0.481 e. The second-order valence-electron chi connectivity index (χ2n) is 3.48. The van der Waals surface area contributed by atoms with Gasteiger partial charge in [-0.2, -0.15) is 0 Å². The Morgan fingerprint density at radius 1 is 1.36 bits per heavy atom. The molecule has 2 atom stereocenters. The van der Waals surface area contributed by atoms with Gasteiger partial charge in [-0.05, 0) is 24.9 Å². The van der Waals surface area contributed by atoms with Crippen molar-refractivity contribution < 1.29 is 9.90 Å². The van der Waals surface area contributed by atoms with Gasteiger partial charge in [0.05, 0.1) is 5.92 Å². The Labute approximate surface area is 66.8 Å². The van der Waals surface area contributed by atoms with Gasteiger partial charge in [-0.1, -0.05) is 13.8 Å². The Balaban J connectivity index is 2.62. The van der Waals surface area contributed by atoms with Crippen molar-refractivity contribution in [1.82, 2.24) is 5.32 Å². The van der Waals surface area contributed by atoms with Crippen LogP contribution in [0.5, 0.6) is 0 Å². The first-order valence-corrected chi connectivity index (χ1v) is 4.06. The second kappa shape index (κ2) is 3.22. The molecule has 64 valence electrons. The lowest BCUT2D eigenvalue weighted by molar-refractivity contribution is -0.146. The average molecular weight is 157 g/mol. The quantitative estimate of drug-likeness (QED) is 0.584. The first-order chi connectivity index (χ1) is 5.13. The van der Waals surface area contributed by atoms with Crippen molar-refractivity contribution in [3.63, 3.8) is 0 Å². The zero-order chi connectivity index (χ0) is 8.43. The van der Waals surface area contributed by atoms with E-state index in [-0.39, 0.29) is 17.8 Å². The maximum Gasteiger partial charge on any atom is 0.307 e. The van der Waals surface area contributed by atoms with Crippen LogP contribution in [0.3, 0.4) is 0 Å². The number of piperidine rings is 1. The lowest BCUT2D eigenvalue weighted by Gasteiger charge is -2.31. The Kier molecular flexibility index (Phi) is 2.49. The summed E-state index contributed by atoms with van der Waals surface area (Å²) in [5, 5.41) is 12.1. The lowest BCUT2D eigenvalue weighted by atomic mass is 9.80. The third kappa shape index (κ3) is 1.71. The second-order valence-corrected chi connectivity index (χ2v) is 3.48. The molecule has 1 aliphatic heterocycles.